The third-order valence-corrected chi connectivity index (χ3v) is 5.07. The number of carbonyl (C=O) groups is 1. The lowest BCUT2D eigenvalue weighted by atomic mass is 9.98. The van der Waals surface area contributed by atoms with Gasteiger partial charge in [0.2, 0.25) is 8.32 Å². The number of hydrogen-bond acceptors (Lipinski definition) is 2. The molecule has 0 radical (unpaired) electrons. The third-order valence-electron chi connectivity index (χ3n) is 2.81. The van der Waals surface area contributed by atoms with Crippen LogP contribution in [0.3, 0.4) is 0 Å². The molecule has 1 atom stereocenters. The van der Waals surface area contributed by atoms with Crippen molar-refractivity contribution >= 4 is 14.3 Å². The van der Waals surface area contributed by atoms with Crippen molar-refractivity contribution in [3.8, 4) is 0 Å². The predicted octanol–water partition coefficient (Wildman–Crippen LogP) is 2.92. The first-order valence-corrected chi connectivity index (χ1v) is 8.45. The molecule has 2 nitrogen and oxygen atoms in total. The average molecular weight is 220 g/mol. The molecular formula is C12H16O2Si. The molecule has 0 spiro atoms. The predicted molar refractivity (Wildman–Crippen MR) is 62.2 cm³/mol. The molecule has 80 valence electrons. The molecule has 1 unspecified atom stereocenters. The molecule has 0 N–H and O–H groups in total. The van der Waals surface area contributed by atoms with Crippen molar-refractivity contribution in [2.45, 2.75) is 31.5 Å². The fourth-order valence-electron chi connectivity index (χ4n) is 2.22. The number of benzene rings is 1. The number of hydrogen-bond donors (Lipinski definition) is 0. The number of rotatable bonds is 1. The van der Waals surface area contributed by atoms with Crippen LogP contribution in [-0.2, 0) is 9.22 Å². The average Bonchev–Trinajstić information content (AvgIpc) is 2.16. The zero-order valence-corrected chi connectivity index (χ0v) is 10.2. The van der Waals surface area contributed by atoms with Crippen LogP contribution >= 0.6 is 0 Å². The van der Waals surface area contributed by atoms with Crippen LogP contribution < -0.4 is 0 Å². The quantitative estimate of drug-likeness (QED) is 0.680. The van der Waals surface area contributed by atoms with Crippen molar-refractivity contribution in [1.82, 2.24) is 0 Å². The summed E-state index contributed by atoms with van der Waals surface area (Å²) in [5.74, 6) is 0.348. The van der Waals surface area contributed by atoms with Crippen molar-refractivity contribution < 1.29 is 9.22 Å². The van der Waals surface area contributed by atoms with Gasteiger partial charge in [-0.25, -0.2) is 0 Å². The second kappa shape index (κ2) is 3.81. The van der Waals surface area contributed by atoms with Gasteiger partial charge in [-0.15, -0.1) is 0 Å². The summed E-state index contributed by atoms with van der Waals surface area (Å²) in [6.07, 6.45) is 0.542. The topological polar surface area (TPSA) is 26.3 Å². The van der Waals surface area contributed by atoms with Gasteiger partial charge < -0.3 is 4.43 Å². The van der Waals surface area contributed by atoms with Crippen LogP contribution in [0.2, 0.25) is 19.1 Å². The largest absolute Gasteiger partial charge is 0.520 e. The fraction of sp³-hybridized carbons (Fsp3) is 0.417. The van der Waals surface area contributed by atoms with Crippen LogP contribution in [0.15, 0.2) is 30.3 Å². The smallest absolute Gasteiger partial charge is 0.293 e. The summed E-state index contributed by atoms with van der Waals surface area (Å²) >= 11 is 0. The second-order valence-electron chi connectivity index (χ2n) is 4.75. The number of carbonyl (C=O) groups excluding carboxylic acids is 1. The molecule has 1 aromatic carbocycles. The summed E-state index contributed by atoms with van der Waals surface area (Å²) in [4.78, 5) is 11.5. The van der Waals surface area contributed by atoms with E-state index in [1.807, 2.05) is 18.2 Å². The van der Waals surface area contributed by atoms with Crippen molar-refractivity contribution in [1.29, 1.82) is 0 Å². The van der Waals surface area contributed by atoms with Gasteiger partial charge in [-0.3, -0.25) is 4.79 Å². The fourth-order valence-corrected chi connectivity index (χ4v) is 4.57. The molecule has 1 heterocycles. The lowest BCUT2D eigenvalue weighted by molar-refractivity contribution is -0.136. The Bertz CT molecular complexity index is 359. The van der Waals surface area contributed by atoms with Gasteiger partial charge in [0.05, 0.1) is 6.42 Å². The van der Waals surface area contributed by atoms with Crippen molar-refractivity contribution in [2.75, 3.05) is 0 Å². The molecule has 1 aliphatic heterocycles. The van der Waals surface area contributed by atoms with Crippen molar-refractivity contribution in [3.63, 3.8) is 0 Å². The van der Waals surface area contributed by atoms with Crippen LogP contribution in [0.1, 0.15) is 17.9 Å². The maximum absolute atomic E-state index is 11.5. The molecule has 0 bridgehead atoms. The molecule has 1 aliphatic rings. The Balaban J connectivity index is 2.20. The van der Waals surface area contributed by atoms with E-state index in [-0.39, 0.29) is 5.97 Å². The highest BCUT2D eigenvalue weighted by Gasteiger charge is 2.37. The van der Waals surface area contributed by atoms with Gasteiger partial charge in [0.1, 0.15) is 0 Å². The molecule has 0 aromatic heterocycles. The van der Waals surface area contributed by atoms with E-state index in [0.717, 1.165) is 6.04 Å². The summed E-state index contributed by atoms with van der Waals surface area (Å²) in [6.45, 7) is 4.22. The van der Waals surface area contributed by atoms with E-state index in [2.05, 4.69) is 25.2 Å². The van der Waals surface area contributed by atoms with E-state index in [0.29, 0.717) is 12.3 Å². The highest BCUT2D eigenvalue weighted by atomic mass is 28.4. The van der Waals surface area contributed by atoms with Crippen LogP contribution in [-0.4, -0.2) is 14.3 Å². The van der Waals surface area contributed by atoms with Gasteiger partial charge in [0, 0.05) is 0 Å². The summed E-state index contributed by atoms with van der Waals surface area (Å²) in [7, 11) is -1.75. The first-order chi connectivity index (χ1) is 7.07. The van der Waals surface area contributed by atoms with Crippen LogP contribution in [0, 0.1) is 0 Å². The Morgan fingerprint density at radius 1 is 1.27 bits per heavy atom. The molecule has 0 saturated carbocycles. The Morgan fingerprint density at radius 3 is 2.53 bits per heavy atom. The molecule has 2 rings (SSSR count). The minimum Gasteiger partial charge on any atom is -0.520 e. The van der Waals surface area contributed by atoms with E-state index >= 15 is 0 Å². The molecule has 0 aliphatic carbocycles. The highest BCUT2D eigenvalue weighted by molar-refractivity contribution is 6.73. The minimum absolute atomic E-state index is 0.0215. The van der Waals surface area contributed by atoms with Crippen molar-refractivity contribution in [2.24, 2.45) is 0 Å². The van der Waals surface area contributed by atoms with Gasteiger partial charge in [0.25, 0.3) is 5.97 Å². The lowest BCUT2D eigenvalue weighted by Gasteiger charge is -2.33. The van der Waals surface area contributed by atoms with Gasteiger partial charge in [-0.1, -0.05) is 30.3 Å². The SMILES string of the molecule is C[Si]1(C)CC(c2ccccc2)CC(=O)O1. The molecule has 1 saturated heterocycles. The standard InChI is InChI=1S/C12H16O2Si/c1-15(2)9-11(8-12(13)14-15)10-6-4-3-5-7-10/h3-7,11H,8-9H2,1-2H3. The molecular weight excluding hydrogens is 204 g/mol. The Kier molecular flexibility index (Phi) is 2.65. The van der Waals surface area contributed by atoms with E-state index in [1.165, 1.54) is 5.56 Å². The maximum atomic E-state index is 11.5. The first-order valence-electron chi connectivity index (χ1n) is 5.34. The highest BCUT2D eigenvalue weighted by Crippen LogP contribution is 2.34. The summed E-state index contributed by atoms with van der Waals surface area (Å²) in [6, 6.07) is 11.3. The summed E-state index contributed by atoms with van der Waals surface area (Å²) in [5.41, 5.74) is 1.27. The Labute approximate surface area is 91.4 Å². The van der Waals surface area contributed by atoms with Gasteiger partial charge in [-0.2, -0.15) is 0 Å². The van der Waals surface area contributed by atoms with Gasteiger partial charge in [-0.05, 0) is 30.6 Å². The zero-order chi connectivity index (χ0) is 10.9. The lowest BCUT2D eigenvalue weighted by Crippen LogP contribution is -2.40. The van der Waals surface area contributed by atoms with E-state index in [9.17, 15) is 4.79 Å². The molecule has 15 heavy (non-hydrogen) atoms. The third kappa shape index (κ3) is 2.48. The van der Waals surface area contributed by atoms with Crippen LogP contribution in [0.4, 0.5) is 0 Å². The molecule has 0 amide bonds. The summed E-state index contributed by atoms with van der Waals surface area (Å²) in [5, 5.41) is 0. The van der Waals surface area contributed by atoms with Gasteiger partial charge in [0.15, 0.2) is 0 Å². The molecule has 1 fully saturated rings. The summed E-state index contributed by atoms with van der Waals surface area (Å²) < 4.78 is 5.43. The maximum Gasteiger partial charge on any atom is 0.293 e. The Hall–Kier alpha value is -1.09. The first kappa shape index (κ1) is 10.4. The molecule has 1 aromatic rings. The second-order valence-corrected chi connectivity index (χ2v) is 8.88. The Morgan fingerprint density at radius 2 is 1.93 bits per heavy atom. The van der Waals surface area contributed by atoms with E-state index < -0.39 is 8.32 Å². The van der Waals surface area contributed by atoms with E-state index in [4.69, 9.17) is 4.43 Å². The molecule has 3 heteroatoms. The van der Waals surface area contributed by atoms with Crippen LogP contribution in [0.25, 0.3) is 0 Å². The monoisotopic (exact) mass is 220 g/mol. The zero-order valence-electron chi connectivity index (χ0n) is 9.19. The van der Waals surface area contributed by atoms with E-state index in [1.54, 1.807) is 0 Å². The van der Waals surface area contributed by atoms with Crippen LogP contribution in [0.5, 0.6) is 0 Å². The van der Waals surface area contributed by atoms with Crippen molar-refractivity contribution in [3.05, 3.63) is 35.9 Å². The minimum atomic E-state index is -1.75. The van der Waals surface area contributed by atoms with Gasteiger partial charge >= 0.3 is 0 Å². The normalized spacial score (nSPS) is 24.7.